The number of amides is 2. The van der Waals surface area contributed by atoms with Gasteiger partial charge in [0.1, 0.15) is 11.6 Å². The lowest BCUT2D eigenvalue weighted by Crippen LogP contribution is -2.69. The molecular weight excluding hydrogens is 272 g/mol. The van der Waals surface area contributed by atoms with Gasteiger partial charge in [0, 0.05) is 6.54 Å². The van der Waals surface area contributed by atoms with E-state index in [2.05, 4.69) is 5.32 Å². The Labute approximate surface area is 123 Å². The van der Waals surface area contributed by atoms with Crippen LogP contribution in [0.5, 0.6) is 0 Å². The first-order valence-corrected chi connectivity index (χ1v) is 8.14. The van der Waals surface area contributed by atoms with Crippen molar-refractivity contribution in [2.24, 2.45) is 5.92 Å². The van der Waals surface area contributed by atoms with Crippen molar-refractivity contribution < 1.29 is 9.59 Å². The van der Waals surface area contributed by atoms with Gasteiger partial charge in [0.15, 0.2) is 0 Å². The molecule has 2 fully saturated rings. The first kappa shape index (κ1) is 13.6. The predicted molar refractivity (Wildman–Crippen MR) is 78.2 cm³/mol. The Morgan fingerprint density at radius 2 is 2.20 bits per heavy atom. The Morgan fingerprint density at radius 3 is 2.75 bits per heavy atom. The van der Waals surface area contributed by atoms with Gasteiger partial charge in [-0.25, -0.2) is 0 Å². The Balaban J connectivity index is 1.90. The fourth-order valence-electron chi connectivity index (χ4n) is 2.81. The van der Waals surface area contributed by atoms with Crippen molar-refractivity contribution in [2.45, 2.75) is 51.2 Å². The Morgan fingerprint density at radius 1 is 1.45 bits per heavy atom. The lowest BCUT2D eigenvalue weighted by atomic mass is 9.89. The summed E-state index contributed by atoms with van der Waals surface area (Å²) in [5.74, 6) is 0.423. The number of nitrogens with one attached hydrogen (secondary N) is 1. The van der Waals surface area contributed by atoms with Gasteiger partial charge in [0.05, 0.1) is 0 Å². The lowest BCUT2D eigenvalue weighted by molar-refractivity contribution is -0.158. The van der Waals surface area contributed by atoms with Crippen LogP contribution in [0.3, 0.4) is 0 Å². The van der Waals surface area contributed by atoms with Crippen LogP contribution in [-0.2, 0) is 16.1 Å². The molecule has 2 aliphatic rings. The lowest BCUT2D eigenvalue weighted by Gasteiger charge is -2.46. The van der Waals surface area contributed by atoms with E-state index in [4.69, 9.17) is 0 Å². The van der Waals surface area contributed by atoms with E-state index in [1.54, 1.807) is 16.2 Å². The molecule has 2 heterocycles. The van der Waals surface area contributed by atoms with Crippen LogP contribution in [0, 0.1) is 5.92 Å². The molecule has 108 valence electrons. The summed E-state index contributed by atoms with van der Waals surface area (Å²) in [5, 5.41) is 7.00. The zero-order valence-corrected chi connectivity index (χ0v) is 12.7. The smallest absolute Gasteiger partial charge is 0.246 e. The van der Waals surface area contributed by atoms with Gasteiger partial charge < -0.3 is 10.2 Å². The molecule has 1 saturated carbocycles. The molecule has 4 nitrogen and oxygen atoms in total. The maximum Gasteiger partial charge on any atom is 0.246 e. The number of hydrogen-bond donors (Lipinski definition) is 1. The molecule has 0 aromatic carbocycles. The van der Waals surface area contributed by atoms with Crippen LogP contribution in [0.1, 0.15) is 38.7 Å². The minimum atomic E-state index is -0.732. The van der Waals surface area contributed by atoms with E-state index in [-0.39, 0.29) is 17.9 Å². The predicted octanol–water partition coefficient (Wildman–Crippen LogP) is 2.15. The molecule has 2 amide bonds. The van der Waals surface area contributed by atoms with Crippen molar-refractivity contribution in [3.63, 3.8) is 0 Å². The zero-order chi connectivity index (χ0) is 14.3. The van der Waals surface area contributed by atoms with Crippen LogP contribution in [0.15, 0.2) is 16.8 Å². The minimum Gasteiger partial charge on any atom is -0.342 e. The second-order valence-corrected chi connectivity index (χ2v) is 6.75. The fraction of sp³-hybridized carbons (Fsp3) is 0.600. The first-order valence-electron chi connectivity index (χ1n) is 7.20. The van der Waals surface area contributed by atoms with Gasteiger partial charge in [-0.05, 0) is 54.5 Å². The van der Waals surface area contributed by atoms with Crippen molar-refractivity contribution in [3.05, 3.63) is 22.4 Å². The van der Waals surface area contributed by atoms with Crippen molar-refractivity contribution in [1.29, 1.82) is 0 Å². The molecule has 1 saturated heterocycles. The number of carbonyl (C=O) groups excluding carboxylic acids is 2. The van der Waals surface area contributed by atoms with E-state index in [1.165, 1.54) is 0 Å². The Hall–Kier alpha value is -1.36. The molecule has 1 aromatic heterocycles. The summed E-state index contributed by atoms with van der Waals surface area (Å²) in [6.07, 6.45) is 2.73. The number of rotatable bonds is 4. The number of nitrogens with zero attached hydrogens (tertiary/aromatic N) is 1. The van der Waals surface area contributed by atoms with Crippen molar-refractivity contribution >= 4 is 23.2 Å². The summed E-state index contributed by atoms with van der Waals surface area (Å²) in [7, 11) is 0. The Bertz CT molecular complexity index is 524. The number of piperazine rings is 1. The molecule has 1 aliphatic heterocycles. The Kier molecular flexibility index (Phi) is 3.32. The standard InChI is InChI=1S/C15H20N2O2S/c1-3-15(2)14(19)16-12(11-4-5-11)13(18)17(15)8-10-6-7-20-9-10/h6-7,9,11-12H,3-5,8H2,1-2H3,(H,16,19). The quantitative estimate of drug-likeness (QED) is 0.924. The van der Waals surface area contributed by atoms with E-state index in [0.29, 0.717) is 18.9 Å². The van der Waals surface area contributed by atoms with E-state index < -0.39 is 5.54 Å². The topological polar surface area (TPSA) is 49.4 Å². The van der Waals surface area contributed by atoms with Gasteiger partial charge in [-0.15, -0.1) is 0 Å². The molecule has 5 heteroatoms. The number of thiophene rings is 1. The average Bonchev–Trinajstić information content (AvgIpc) is 3.15. The van der Waals surface area contributed by atoms with E-state index in [0.717, 1.165) is 18.4 Å². The molecule has 20 heavy (non-hydrogen) atoms. The van der Waals surface area contributed by atoms with Gasteiger partial charge in [0.2, 0.25) is 11.8 Å². The molecule has 1 aromatic rings. The van der Waals surface area contributed by atoms with Gasteiger partial charge in [-0.1, -0.05) is 6.92 Å². The summed E-state index contributed by atoms with van der Waals surface area (Å²) in [5.41, 5.74) is 0.372. The average molecular weight is 292 g/mol. The summed E-state index contributed by atoms with van der Waals surface area (Å²) in [4.78, 5) is 27.0. The van der Waals surface area contributed by atoms with Gasteiger partial charge in [0.25, 0.3) is 0 Å². The molecule has 0 spiro atoms. The molecule has 2 unspecified atom stereocenters. The highest BCUT2D eigenvalue weighted by Gasteiger charge is 2.51. The summed E-state index contributed by atoms with van der Waals surface area (Å²) in [6, 6.07) is 1.72. The van der Waals surface area contributed by atoms with Crippen molar-refractivity contribution in [2.75, 3.05) is 0 Å². The second-order valence-electron chi connectivity index (χ2n) is 5.97. The molecule has 1 aliphatic carbocycles. The maximum absolute atomic E-state index is 12.8. The number of carbonyl (C=O) groups is 2. The van der Waals surface area contributed by atoms with E-state index in [9.17, 15) is 9.59 Å². The summed E-state index contributed by atoms with van der Waals surface area (Å²) >= 11 is 1.62. The van der Waals surface area contributed by atoms with Crippen LogP contribution in [0.25, 0.3) is 0 Å². The zero-order valence-electron chi connectivity index (χ0n) is 11.9. The van der Waals surface area contributed by atoms with Crippen LogP contribution in [0.2, 0.25) is 0 Å². The van der Waals surface area contributed by atoms with Gasteiger partial charge in [-0.2, -0.15) is 11.3 Å². The van der Waals surface area contributed by atoms with Crippen LogP contribution in [0.4, 0.5) is 0 Å². The molecule has 2 atom stereocenters. The molecule has 0 radical (unpaired) electrons. The highest BCUT2D eigenvalue weighted by atomic mass is 32.1. The third-order valence-electron chi connectivity index (χ3n) is 4.61. The maximum atomic E-state index is 12.8. The van der Waals surface area contributed by atoms with Crippen LogP contribution >= 0.6 is 11.3 Å². The number of hydrogen-bond acceptors (Lipinski definition) is 3. The molecule has 1 N–H and O–H groups in total. The third-order valence-corrected chi connectivity index (χ3v) is 5.34. The molecule has 3 rings (SSSR count). The monoisotopic (exact) mass is 292 g/mol. The molecular formula is C15H20N2O2S. The highest BCUT2D eigenvalue weighted by molar-refractivity contribution is 7.07. The third kappa shape index (κ3) is 2.14. The van der Waals surface area contributed by atoms with E-state index >= 15 is 0 Å². The van der Waals surface area contributed by atoms with Gasteiger partial charge in [-0.3, -0.25) is 9.59 Å². The second kappa shape index (κ2) is 4.88. The first-order chi connectivity index (χ1) is 9.56. The largest absolute Gasteiger partial charge is 0.342 e. The highest BCUT2D eigenvalue weighted by Crippen LogP contribution is 2.38. The van der Waals surface area contributed by atoms with Crippen LogP contribution in [-0.4, -0.2) is 28.3 Å². The van der Waals surface area contributed by atoms with Gasteiger partial charge >= 0.3 is 0 Å². The normalized spacial score (nSPS) is 30.5. The SMILES string of the molecule is CCC1(C)C(=O)NC(C2CC2)C(=O)N1Cc1ccsc1. The molecule has 0 bridgehead atoms. The van der Waals surface area contributed by atoms with Crippen LogP contribution < -0.4 is 5.32 Å². The summed E-state index contributed by atoms with van der Waals surface area (Å²) < 4.78 is 0. The summed E-state index contributed by atoms with van der Waals surface area (Å²) in [6.45, 7) is 4.37. The van der Waals surface area contributed by atoms with Crippen molar-refractivity contribution in [3.8, 4) is 0 Å². The van der Waals surface area contributed by atoms with Crippen molar-refractivity contribution in [1.82, 2.24) is 10.2 Å². The fourth-order valence-corrected chi connectivity index (χ4v) is 3.47. The van der Waals surface area contributed by atoms with E-state index in [1.807, 2.05) is 30.7 Å². The minimum absolute atomic E-state index is 0.00766.